The maximum atomic E-state index is 12.4. The van der Waals surface area contributed by atoms with Crippen molar-refractivity contribution in [1.82, 2.24) is 19.5 Å². The molecule has 0 bridgehead atoms. The molecule has 1 saturated heterocycles. The van der Waals surface area contributed by atoms with Crippen molar-refractivity contribution in [1.29, 1.82) is 0 Å². The average molecular weight is 274 g/mol. The van der Waals surface area contributed by atoms with Crippen LogP contribution >= 0.6 is 0 Å². The Balaban J connectivity index is 1.84. The molecule has 1 atom stereocenters. The highest BCUT2D eigenvalue weighted by molar-refractivity contribution is 5.95. The third-order valence-electron chi connectivity index (χ3n) is 3.81. The van der Waals surface area contributed by atoms with Gasteiger partial charge < -0.3 is 10.0 Å². The van der Waals surface area contributed by atoms with Gasteiger partial charge >= 0.3 is 5.97 Å². The molecule has 1 N–H and O–H groups in total. The molecular weight excluding hydrogens is 260 g/mol. The van der Waals surface area contributed by atoms with Crippen LogP contribution in [0.25, 0.3) is 5.65 Å². The molecule has 1 amide bonds. The van der Waals surface area contributed by atoms with Crippen LogP contribution in [0.2, 0.25) is 0 Å². The zero-order valence-corrected chi connectivity index (χ0v) is 11.0. The molecule has 1 aliphatic rings. The van der Waals surface area contributed by atoms with Gasteiger partial charge in [0.05, 0.1) is 11.0 Å². The van der Waals surface area contributed by atoms with Gasteiger partial charge in [0.2, 0.25) is 0 Å². The van der Waals surface area contributed by atoms with Crippen molar-refractivity contribution < 1.29 is 14.7 Å². The molecule has 1 unspecified atom stereocenters. The van der Waals surface area contributed by atoms with Gasteiger partial charge in [-0.25, -0.2) is 0 Å². The summed E-state index contributed by atoms with van der Waals surface area (Å²) in [6.07, 6.45) is 3.66. The fourth-order valence-electron chi connectivity index (χ4n) is 2.45. The van der Waals surface area contributed by atoms with Crippen LogP contribution in [0.3, 0.4) is 0 Å². The highest BCUT2D eigenvalue weighted by Crippen LogP contribution is 2.30. The molecule has 0 radical (unpaired) electrons. The molecule has 0 spiro atoms. The zero-order valence-electron chi connectivity index (χ0n) is 11.0. The van der Waals surface area contributed by atoms with E-state index in [9.17, 15) is 14.7 Å². The SMILES string of the molecule is CC1(C(=O)O)CCN(C(=O)c2ccc3nncn3c2)C1. The molecule has 3 heterocycles. The molecule has 1 fully saturated rings. The van der Waals surface area contributed by atoms with Crippen molar-refractivity contribution in [3.63, 3.8) is 0 Å². The van der Waals surface area contributed by atoms with Crippen LogP contribution in [-0.2, 0) is 4.79 Å². The number of rotatable bonds is 2. The minimum absolute atomic E-state index is 0.162. The summed E-state index contributed by atoms with van der Waals surface area (Å²) in [6.45, 7) is 2.37. The lowest BCUT2D eigenvalue weighted by Gasteiger charge is -2.20. The number of pyridine rings is 1. The summed E-state index contributed by atoms with van der Waals surface area (Å²) in [5.41, 5.74) is 0.321. The Morgan fingerprint density at radius 1 is 1.40 bits per heavy atom. The zero-order chi connectivity index (χ0) is 14.3. The Labute approximate surface area is 114 Å². The Kier molecular flexibility index (Phi) is 2.70. The lowest BCUT2D eigenvalue weighted by molar-refractivity contribution is -0.147. The predicted octanol–water partition coefficient (Wildman–Crippen LogP) is 0.666. The number of aromatic nitrogens is 3. The monoisotopic (exact) mass is 274 g/mol. The first kappa shape index (κ1) is 12.6. The molecule has 0 saturated carbocycles. The van der Waals surface area contributed by atoms with Crippen molar-refractivity contribution >= 4 is 17.5 Å². The molecule has 2 aromatic rings. The van der Waals surface area contributed by atoms with E-state index in [1.807, 2.05) is 0 Å². The standard InChI is InChI=1S/C13H14N4O3/c1-13(12(19)20)4-5-16(7-13)11(18)9-2-3-10-15-14-8-17(10)6-9/h2-3,6,8H,4-5,7H2,1H3,(H,19,20). The summed E-state index contributed by atoms with van der Waals surface area (Å²) >= 11 is 0. The summed E-state index contributed by atoms with van der Waals surface area (Å²) < 4.78 is 1.67. The van der Waals surface area contributed by atoms with Crippen molar-refractivity contribution in [2.45, 2.75) is 13.3 Å². The van der Waals surface area contributed by atoms with Crippen LogP contribution in [0.15, 0.2) is 24.7 Å². The fraction of sp³-hybridized carbons (Fsp3) is 0.385. The molecule has 7 heteroatoms. The molecule has 2 aromatic heterocycles. The van der Waals surface area contributed by atoms with E-state index >= 15 is 0 Å². The second-order valence-electron chi connectivity index (χ2n) is 5.36. The Morgan fingerprint density at radius 3 is 2.90 bits per heavy atom. The van der Waals surface area contributed by atoms with E-state index in [-0.39, 0.29) is 12.5 Å². The van der Waals surface area contributed by atoms with Crippen LogP contribution in [0, 0.1) is 5.41 Å². The van der Waals surface area contributed by atoms with E-state index in [1.54, 1.807) is 34.6 Å². The van der Waals surface area contributed by atoms with Gasteiger partial charge in [-0.15, -0.1) is 10.2 Å². The van der Waals surface area contributed by atoms with E-state index in [1.165, 1.54) is 6.33 Å². The summed E-state index contributed by atoms with van der Waals surface area (Å²) in [5.74, 6) is -1.02. The smallest absolute Gasteiger partial charge is 0.311 e. The van der Waals surface area contributed by atoms with Crippen molar-refractivity contribution in [2.24, 2.45) is 5.41 Å². The number of hydrogen-bond donors (Lipinski definition) is 1. The molecule has 104 valence electrons. The summed E-state index contributed by atoms with van der Waals surface area (Å²) in [5, 5.41) is 16.8. The Bertz CT molecular complexity index is 696. The summed E-state index contributed by atoms with van der Waals surface area (Å²) in [7, 11) is 0. The van der Waals surface area contributed by atoms with Crippen LogP contribution in [-0.4, -0.2) is 49.6 Å². The number of amides is 1. The fourth-order valence-corrected chi connectivity index (χ4v) is 2.45. The lowest BCUT2D eigenvalue weighted by Crippen LogP contribution is -2.34. The van der Waals surface area contributed by atoms with E-state index in [2.05, 4.69) is 10.2 Å². The van der Waals surface area contributed by atoms with Crippen molar-refractivity contribution in [2.75, 3.05) is 13.1 Å². The number of carbonyl (C=O) groups is 2. The summed E-state index contributed by atoms with van der Waals surface area (Å²) in [4.78, 5) is 25.2. The number of carboxylic acid groups (broad SMARTS) is 1. The van der Waals surface area contributed by atoms with E-state index in [0.717, 1.165) is 0 Å². The average Bonchev–Trinajstić information content (AvgIpc) is 3.04. The third kappa shape index (κ3) is 1.91. The van der Waals surface area contributed by atoms with Gasteiger partial charge in [-0.3, -0.25) is 14.0 Å². The third-order valence-corrected chi connectivity index (χ3v) is 3.81. The molecule has 20 heavy (non-hydrogen) atoms. The predicted molar refractivity (Wildman–Crippen MR) is 69.3 cm³/mol. The van der Waals surface area contributed by atoms with Crippen LogP contribution in [0.5, 0.6) is 0 Å². The second kappa shape index (κ2) is 4.29. The van der Waals surface area contributed by atoms with Crippen LogP contribution < -0.4 is 0 Å². The number of carboxylic acids is 1. The second-order valence-corrected chi connectivity index (χ2v) is 5.36. The van der Waals surface area contributed by atoms with E-state index in [4.69, 9.17) is 0 Å². The molecule has 1 aliphatic heterocycles. The molecule has 0 aromatic carbocycles. The first-order valence-electron chi connectivity index (χ1n) is 6.32. The summed E-state index contributed by atoms with van der Waals surface area (Å²) in [6, 6.07) is 3.40. The van der Waals surface area contributed by atoms with Gasteiger partial charge in [0.1, 0.15) is 6.33 Å². The molecule has 7 nitrogen and oxygen atoms in total. The number of aliphatic carboxylic acids is 1. The van der Waals surface area contributed by atoms with E-state index in [0.29, 0.717) is 24.2 Å². The number of likely N-dealkylation sites (tertiary alicyclic amines) is 1. The number of nitrogens with zero attached hydrogens (tertiary/aromatic N) is 4. The lowest BCUT2D eigenvalue weighted by atomic mass is 9.90. The molecular formula is C13H14N4O3. The molecule has 3 rings (SSSR count). The van der Waals surface area contributed by atoms with Crippen LogP contribution in [0.1, 0.15) is 23.7 Å². The normalized spacial score (nSPS) is 22.4. The minimum atomic E-state index is -0.859. The number of hydrogen-bond acceptors (Lipinski definition) is 4. The Hall–Kier alpha value is -2.44. The van der Waals surface area contributed by atoms with Gasteiger partial charge in [0, 0.05) is 19.3 Å². The first-order chi connectivity index (χ1) is 9.49. The first-order valence-corrected chi connectivity index (χ1v) is 6.32. The van der Waals surface area contributed by atoms with Crippen LogP contribution in [0.4, 0.5) is 0 Å². The molecule has 0 aliphatic carbocycles. The highest BCUT2D eigenvalue weighted by Gasteiger charge is 2.42. The topological polar surface area (TPSA) is 87.8 Å². The maximum absolute atomic E-state index is 12.4. The van der Waals surface area contributed by atoms with Gasteiger partial charge in [-0.05, 0) is 25.5 Å². The van der Waals surface area contributed by atoms with E-state index < -0.39 is 11.4 Å². The minimum Gasteiger partial charge on any atom is -0.481 e. The van der Waals surface area contributed by atoms with Crippen molar-refractivity contribution in [3.8, 4) is 0 Å². The number of carbonyl (C=O) groups excluding carboxylic acids is 1. The maximum Gasteiger partial charge on any atom is 0.311 e. The Morgan fingerprint density at radius 2 is 2.20 bits per heavy atom. The van der Waals surface area contributed by atoms with Gasteiger partial charge in [0.15, 0.2) is 5.65 Å². The highest BCUT2D eigenvalue weighted by atomic mass is 16.4. The van der Waals surface area contributed by atoms with Gasteiger partial charge in [-0.2, -0.15) is 0 Å². The number of fused-ring (bicyclic) bond motifs is 1. The van der Waals surface area contributed by atoms with Crippen molar-refractivity contribution in [3.05, 3.63) is 30.2 Å². The van der Waals surface area contributed by atoms with Gasteiger partial charge in [-0.1, -0.05) is 0 Å². The quantitative estimate of drug-likeness (QED) is 0.869. The largest absolute Gasteiger partial charge is 0.481 e. The van der Waals surface area contributed by atoms with Gasteiger partial charge in [0.25, 0.3) is 5.91 Å².